The van der Waals surface area contributed by atoms with Gasteiger partial charge in [0.1, 0.15) is 11.4 Å². The molecule has 2 heterocycles. The number of aromatic amines is 1. The highest BCUT2D eigenvalue weighted by molar-refractivity contribution is 9.10. The third-order valence-electron chi connectivity index (χ3n) is 3.87. The summed E-state index contributed by atoms with van der Waals surface area (Å²) in [6.07, 6.45) is -0.150. The molecule has 1 saturated heterocycles. The van der Waals surface area contributed by atoms with Gasteiger partial charge in [-0.15, -0.1) is 0 Å². The first-order chi connectivity index (χ1) is 11.6. The fraction of sp³-hybridized carbons (Fsp3) is 0.312. The fourth-order valence-corrected chi connectivity index (χ4v) is 3.27. The van der Waals surface area contributed by atoms with E-state index >= 15 is 0 Å². The van der Waals surface area contributed by atoms with Crippen molar-refractivity contribution in [2.75, 3.05) is 19.8 Å². The molecule has 24 heavy (non-hydrogen) atoms. The number of halogens is 1. The van der Waals surface area contributed by atoms with Crippen molar-refractivity contribution >= 4 is 27.8 Å². The predicted molar refractivity (Wildman–Crippen MR) is 89.6 cm³/mol. The number of aliphatic carboxylic acids is 1. The van der Waals surface area contributed by atoms with Crippen LogP contribution in [0.1, 0.15) is 16.9 Å². The number of morpholine rings is 1. The molecule has 7 nitrogen and oxygen atoms in total. The molecule has 1 amide bonds. The molecule has 1 atom stereocenters. The van der Waals surface area contributed by atoms with Gasteiger partial charge in [0.25, 0.3) is 5.91 Å². The lowest BCUT2D eigenvalue weighted by Crippen LogP contribution is -2.49. The molecule has 0 radical (unpaired) electrons. The molecule has 0 saturated carbocycles. The number of carboxylic acids is 1. The van der Waals surface area contributed by atoms with Gasteiger partial charge in [-0.05, 0) is 15.9 Å². The molecule has 3 rings (SSSR count). The van der Waals surface area contributed by atoms with E-state index in [0.717, 1.165) is 5.56 Å². The number of carbonyl (C=O) groups excluding carboxylic acids is 1. The van der Waals surface area contributed by atoms with Crippen molar-refractivity contribution in [3.05, 3.63) is 40.5 Å². The summed E-state index contributed by atoms with van der Waals surface area (Å²) in [6.45, 7) is 0.956. The number of aromatic nitrogens is 2. The van der Waals surface area contributed by atoms with Crippen LogP contribution in [-0.2, 0) is 9.53 Å². The van der Waals surface area contributed by atoms with Crippen molar-refractivity contribution in [3.63, 3.8) is 0 Å². The van der Waals surface area contributed by atoms with Crippen molar-refractivity contribution in [1.82, 2.24) is 15.1 Å². The first-order valence-electron chi connectivity index (χ1n) is 7.47. The second-order valence-corrected chi connectivity index (χ2v) is 6.25. The second-order valence-electron chi connectivity index (χ2n) is 5.45. The van der Waals surface area contributed by atoms with Gasteiger partial charge in [-0.2, -0.15) is 5.10 Å². The van der Waals surface area contributed by atoms with Crippen LogP contribution in [0.15, 0.2) is 34.8 Å². The Labute approximate surface area is 146 Å². The molecule has 126 valence electrons. The Bertz CT molecular complexity index is 747. The van der Waals surface area contributed by atoms with Crippen molar-refractivity contribution in [2.45, 2.75) is 12.5 Å². The summed E-state index contributed by atoms with van der Waals surface area (Å²) < 4.78 is 5.88. The Morgan fingerprint density at radius 3 is 2.83 bits per heavy atom. The summed E-state index contributed by atoms with van der Waals surface area (Å²) in [5.41, 5.74) is 1.83. The topological polar surface area (TPSA) is 95.5 Å². The first-order valence-corrected chi connectivity index (χ1v) is 8.27. The summed E-state index contributed by atoms with van der Waals surface area (Å²) >= 11 is 3.44. The van der Waals surface area contributed by atoms with Crippen LogP contribution in [0.3, 0.4) is 0 Å². The van der Waals surface area contributed by atoms with E-state index in [2.05, 4.69) is 26.1 Å². The standard InChI is InChI=1S/C16H16BrN3O4/c17-13-14(10-4-2-1-3-5-10)18-19-15(13)16(23)20-6-7-24-9-11(20)8-12(21)22/h1-5,11H,6-9H2,(H,18,19)(H,21,22). The summed E-state index contributed by atoms with van der Waals surface area (Å²) in [5.74, 6) is -1.25. The lowest BCUT2D eigenvalue weighted by Gasteiger charge is -2.34. The van der Waals surface area contributed by atoms with Crippen LogP contribution >= 0.6 is 15.9 Å². The molecule has 1 fully saturated rings. The van der Waals surface area contributed by atoms with E-state index in [1.54, 1.807) is 0 Å². The maximum atomic E-state index is 12.8. The molecule has 0 spiro atoms. The predicted octanol–water partition coefficient (Wildman–Crippen LogP) is 2.15. The molecule has 0 aliphatic carbocycles. The molecular weight excluding hydrogens is 378 g/mol. The van der Waals surface area contributed by atoms with Gasteiger partial charge in [0, 0.05) is 12.1 Å². The van der Waals surface area contributed by atoms with E-state index in [0.29, 0.717) is 29.0 Å². The molecule has 1 aromatic carbocycles. The molecule has 0 bridgehead atoms. The van der Waals surface area contributed by atoms with E-state index in [1.165, 1.54) is 4.90 Å². The molecule has 2 aromatic rings. The summed E-state index contributed by atoms with van der Waals surface area (Å²) in [7, 11) is 0. The zero-order valence-corrected chi connectivity index (χ0v) is 14.3. The summed E-state index contributed by atoms with van der Waals surface area (Å²) in [4.78, 5) is 25.4. The quantitative estimate of drug-likeness (QED) is 0.829. The van der Waals surface area contributed by atoms with Crippen LogP contribution < -0.4 is 0 Å². The van der Waals surface area contributed by atoms with Gasteiger partial charge in [-0.1, -0.05) is 30.3 Å². The monoisotopic (exact) mass is 393 g/mol. The molecule has 1 aliphatic rings. The lowest BCUT2D eigenvalue weighted by molar-refractivity contribution is -0.139. The van der Waals surface area contributed by atoms with Gasteiger partial charge in [-0.25, -0.2) is 0 Å². The number of carboxylic acid groups (broad SMARTS) is 1. The van der Waals surface area contributed by atoms with Gasteiger partial charge in [0.05, 0.1) is 30.1 Å². The van der Waals surface area contributed by atoms with Gasteiger partial charge in [0.15, 0.2) is 0 Å². The Morgan fingerprint density at radius 2 is 2.12 bits per heavy atom. The molecule has 2 N–H and O–H groups in total. The number of nitrogens with one attached hydrogen (secondary N) is 1. The normalized spacial score (nSPS) is 17.7. The van der Waals surface area contributed by atoms with Gasteiger partial charge < -0.3 is 14.7 Å². The Hall–Kier alpha value is -2.19. The second kappa shape index (κ2) is 7.14. The molecule has 8 heteroatoms. The lowest BCUT2D eigenvalue weighted by atomic mass is 10.1. The van der Waals surface area contributed by atoms with Gasteiger partial charge in [0.2, 0.25) is 0 Å². The number of carbonyl (C=O) groups is 2. The number of benzene rings is 1. The smallest absolute Gasteiger partial charge is 0.305 e. The van der Waals surface area contributed by atoms with Crippen molar-refractivity contribution in [1.29, 1.82) is 0 Å². The highest BCUT2D eigenvalue weighted by atomic mass is 79.9. The van der Waals surface area contributed by atoms with Crippen molar-refractivity contribution in [2.24, 2.45) is 0 Å². The van der Waals surface area contributed by atoms with E-state index in [1.807, 2.05) is 30.3 Å². The maximum Gasteiger partial charge on any atom is 0.305 e. The Morgan fingerprint density at radius 1 is 1.38 bits per heavy atom. The molecule has 1 unspecified atom stereocenters. The first kappa shape index (κ1) is 16.7. The number of ether oxygens (including phenoxy) is 1. The third kappa shape index (κ3) is 3.34. The minimum atomic E-state index is -0.961. The number of rotatable bonds is 4. The average molecular weight is 394 g/mol. The minimum absolute atomic E-state index is 0.150. The van der Waals surface area contributed by atoms with Crippen LogP contribution in [0.2, 0.25) is 0 Å². The summed E-state index contributed by atoms with van der Waals surface area (Å²) in [5, 5.41) is 16.0. The Balaban J connectivity index is 1.87. The SMILES string of the molecule is O=C(O)CC1COCCN1C(=O)c1[nH]nc(-c2ccccc2)c1Br. The van der Waals surface area contributed by atoms with Crippen molar-refractivity contribution in [3.8, 4) is 11.3 Å². The minimum Gasteiger partial charge on any atom is -0.481 e. The summed E-state index contributed by atoms with van der Waals surface area (Å²) in [6, 6.07) is 9.00. The van der Waals surface area contributed by atoms with Crippen LogP contribution in [-0.4, -0.2) is 57.9 Å². The number of hydrogen-bond donors (Lipinski definition) is 2. The fourth-order valence-electron chi connectivity index (χ4n) is 2.69. The van der Waals surface area contributed by atoms with Gasteiger partial charge >= 0.3 is 5.97 Å². The number of H-pyrrole nitrogens is 1. The largest absolute Gasteiger partial charge is 0.481 e. The van der Waals surface area contributed by atoms with E-state index in [-0.39, 0.29) is 18.9 Å². The third-order valence-corrected chi connectivity index (χ3v) is 4.64. The number of nitrogens with zero attached hydrogens (tertiary/aromatic N) is 2. The maximum absolute atomic E-state index is 12.8. The number of amides is 1. The van der Waals surface area contributed by atoms with E-state index < -0.39 is 12.0 Å². The van der Waals surface area contributed by atoms with Crippen LogP contribution in [0, 0.1) is 0 Å². The Kier molecular flexibility index (Phi) is 4.96. The zero-order chi connectivity index (χ0) is 17.1. The molecular formula is C16H16BrN3O4. The highest BCUT2D eigenvalue weighted by Crippen LogP contribution is 2.30. The highest BCUT2D eigenvalue weighted by Gasteiger charge is 2.32. The van der Waals surface area contributed by atoms with Crippen molar-refractivity contribution < 1.29 is 19.4 Å². The van der Waals surface area contributed by atoms with Crippen LogP contribution in [0.5, 0.6) is 0 Å². The molecule has 1 aliphatic heterocycles. The van der Waals surface area contributed by atoms with E-state index in [4.69, 9.17) is 9.84 Å². The molecule has 1 aromatic heterocycles. The average Bonchev–Trinajstić information content (AvgIpc) is 2.96. The van der Waals surface area contributed by atoms with Crippen LogP contribution in [0.25, 0.3) is 11.3 Å². The zero-order valence-electron chi connectivity index (χ0n) is 12.7. The van der Waals surface area contributed by atoms with Crippen LogP contribution in [0.4, 0.5) is 0 Å². The number of hydrogen-bond acceptors (Lipinski definition) is 4. The van der Waals surface area contributed by atoms with Gasteiger partial charge in [-0.3, -0.25) is 14.7 Å². The van der Waals surface area contributed by atoms with E-state index in [9.17, 15) is 9.59 Å².